The fraction of sp³-hybridized carbons (Fsp3) is 0.520. The van der Waals surface area contributed by atoms with Crippen LogP contribution in [-0.2, 0) is 4.74 Å². The van der Waals surface area contributed by atoms with E-state index in [1.165, 1.54) is 19.3 Å². The summed E-state index contributed by atoms with van der Waals surface area (Å²) in [7, 11) is 0. The number of aromatic nitrogens is 2. The van der Waals surface area contributed by atoms with Crippen LogP contribution < -0.4 is 15.4 Å². The van der Waals surface area contributed by atoms with E-state index in [9.17, 15) is 4.79 Å². The molecule has 1 saturated heterocycles. The highest BCUT2D eigenvalue weighted by atomic mass is 35.5. The number of aliphatic hydroxyl groups is 1. The molecule has 0 radical (unpaired) electrons. The zero-order chi connectivity index (χ0) is 25.0. The molecule has 0 spiro atoms. The molecule has 35 heavy (non-hydrogen) atoms. The first kappa shape index (κ1) is 26.7. The Balaban J connectivity index is 0.000000198. The van der Waals surface area contributed by atoms with E-state index >= 15 is 0 Å². The molecule has 4 rings (SSSR count). The number of hydrogen-bond acceptors (Lipinski definition) is 8. The van der Waals surface area contributed by atoms with Crippen molar-refractivity contribution in [3.05, 3.63) is 46.6 Å². The normalized spacial score (nSPS) is 16.7. The molecule has 0 unspecified atom stereocenters. The molecule has 1 aliphatic heterocycles. The average Bonchev–Trinajstić information content (AvgIpc) is 2.89. The van der Waals surface area contributed by atoms with Gasteiger partial charge in [-0.3, -0.25) is 4.79 Å². The van der Waals surface area contributed by atoms with Crippen LogP contribution in [0.2, 0.25) is 5.02 Å². The van der Waals surface area contributed by atoms with E-state index in [2.05, 4.69) is 15.1 Å². The first-order chi connectivity index (χ1) is 17.0. The van der Waals surface area contributed by atoms with Gasteiger partial charge in [0, 0.05) is 19.2 Å². The van der Waals surface area contributed by atoms with Gasteiger partial charge in [-0.05, 0) is 62.8 Å². The van der Waals surface area contributed by atoms with E-state index < -0.39 is 5.91 Å². The van der Waals surface area contributed by atoms with Gasteiger partial charge < -0.3 is 25.2 Å². The number of halogens is 1. The summed E-state index contributed by atoms with van der Waals surface area (Å²) in [5, 5.41) is 25.7. The van der Waals surface area contributed by atoms with Crippen molar-refractivity contribution < 1.29 is 19.4 Å². The molecule has 3 N–H and O–H groups in total. The lowest BCUT2D eigenvalue weighted by atomic mass is 9.98. The summed E-state index contributed by atoms with van der Waals surface area (Å²) in [6.07, 6.45) is 8.34. The number of hydrogen-bond donors (Lipinski definition) is 2. The lowest BCUT2D eigenvalue weighted by molar-refractivity contribution is 0.0158. The van der Waals surface area contributed by atoms with Crippen LogP contribution in [0.1, 0.15) is 61.0 Å². The van der Waals surface area contributed by atoms with Crippen LogP contribution in [0.5, 0.6) is 5.75 Å². The number of nitrogens with two attached hydrogens (primary N) is 1. The Labute approximate surface area is 210 Å². The molecule has 9 nitrogen and oxygen atoms in total. The fourth-order valence-electron chi connectivity index (χ4n) is 4.13. The number of aliphatic hydroxyl groups excluding tert-OH is 1. The smallest absolute Gasteiger partial charge is 0.269 e. The number of anilines is 1. The van der Waals surface area contributed by atoms with Crippen molar-refractivity contribution in [1.82, 2.24) is 10.2 Å². The summed E-state index contributed by atoms with van der Waals surface area (Å²) in [6.45, 7) is 2.08. The third-order valence-electron chi connectivity index (χ3n) is 6.03. The molecule has 0 atom stereocenters. The molecular weight excluding hydrogens is 470 g/mol. The number of benzene rings is 1. The van der Waals surface area contributed by atoms with Crippen LogP contribution in [0.3, 0.4) is 0 Å². The molecular formula is C25H32ClN5O4. The van der Waals surface area contributed by atoms with Crippen LogP contribution in [0.4, 0.5) is 5.82 Å². The molecule has 188 valence electrons. The number of amides is 1. The van der Waals surface area contributed by atoms with Gasteiger partial charge >= 0.3 is 0 Å². The van der Waals surface area contributed by atoms with Crippen molar-refractivity contribution in [3.8, 4) is 11.8 Å². The number of ether oxygens (including phenoxy) is 2. The maximum absolute atomic E-state index is 10.9. The zero-order valence-corrected chi connectivity index (χ0v) is 20.5. The van der Waals surface area contributed by atoms with Gasteiger partial charge in [-0.15, -0.1) is 10.2 Å². The molecule has 1 aliphatic carbocycles. The molecule has 2 heterocycles. The Hall–Kier alpha value is -2.93. The minimum absolute atomic E-state index is 0.0558. The molecule has 1 aromatic heterocycles. The number of rotatable bonds is 7. The number of primary amides is 1. The summed E-state index contributed by atoms with van der Waals surface area (Å²) in [4.78, 5) is 13.0. The van der Waals surface area contributed by atoms with Crippen molar-refractivity contribution in [2.45, 2.75) is 57.2 Å². The predicted molar refractivity (Wildman–Crippen MR) is 132 cm³/mol. The quantitative estimate of drug-likeness (QED) is 0.588. The van der Waals surface area contributed by atoms with Gasteiger partial charge in [-0.25, -0.2) is 0 Å². The van der Waals surface area contributed by atoms with E-state index in [1.807, 2.05) is 12.1 Å². The van der Waals surface area contributed by atoms with E-state index in [-0.39, 0.29) is 18.4 Å². The lowest BCUT2D eigenvalue weighted by Crippen LogP contribution is -2.38. The van der Waals surface area contributed by atoms with Crippen LogP contribution in [-0.4, -0.2) is 59.7 Å². The highest BCUT2D eigenvalue weighted by Gasteiger charge is 2.21. The van der Waals surface area contributed by atoms with Crippen molar-refractivity contribution in [1.29, 1.82) is 5.26 Å². The van der Waals surface area contributed by atoms with Gasteiger partial charge in [0.15, 0.2) is 11.5 Å². The highest BCUT2D eigenvalue weighted by molar-refractivity contribution is 6.31. The monoisotopic (exact) mass is 501 g/mol. The maximum atomic E-state index is 10.9. The molecule has 10 heteroatoms. The van der Waals surface area contributed by atoms with Crippen LogP contribution >= 0.6 is 11.6 Å². The number of carbonyl (C=O) groups excluding carboxylic acids is 1. The molecule has 1 aromatic carbocycles. The number of carbonyl (C=O) groups is 1. The van der Waals surface area contributed by atoms with Gasteiger partial charge in [0.2, 0.25) is 0 Å². The van der Waals surface area contributed by atoms with Crippen molar-refractivity contribution >= 4 is 23.3 Å². The van der Waals surface area contributed by atoms with Gasteiger partial charge in [-0.1, -0.05) is 18.0 Å². The Bertz CT molecular complexity index is 984. The number of nitriles is 1. The predicted octanol–water partition coefficient (Wildman–Crippen LogP) is 3.48. The SMILES string of the molecule is N#Cc1ccc(OC2CCCCC2)cc1Cl.NC(=O)c1ccc(N2CCC(OCCO)CC2)nn1. The Kier molecular flexibility index (Phi) is 10.5. The standard InChI is InChI=1S/C13H14ClNO.C12H18N4O3/c14-13-8-12(7-6-10(13)9-15)16-11-4-2-1-3-5-11;13-12(18)10-1-2-11(15-14-10)16-5-3-9(4-6-16)19-8-7-17/h6-8,11H,1-5H2;1-2,9,17H,3-8H2,(H2,13,18). The molecule has 2 aromatic rings. The van der Waals surface area contributed by atoms with Crippen molar-refractivity contribution in [2.24, 2.45) is 5.73 Å². The van der Waals surface area contributed by atoms with E-state index in [0.717, 1.165) is 50.3 Å². The van der Waals surface area contributed by atoms with E-state index in [4.69, 9.17) is 37.2 Å². The minimum atomic E-state index is -0.574. The number of piperidine rings is 1. The van der Waals surface area contributed by atoms with Crippen LogP contribution in [0.25, 0.3) is 0 Å². The van der Waals surface area contributed by atoms with Crippen LogP contribution in [0.15, 0.2) is 30.3 Å². The summed E-state index contributed by atoms with van der Waals surface area (Å²) < 4.78 is 11.3. The molecule has 1 amide bonds. The average molecular weight is 502 g/mol. The summed E-state index contributed by atoms with van der Waals surface area (Å²) in [5.41, 5.74) is 5.78. The van der Waals surface area contributed by atoms with E-state index in [1.54, 1.807) is 24.3 Å². The van der Waals surface area contributed by atoms with Crippen molar-refractivity contribution in [3.63, 3.8) is 0 Å². The summed E-state index contributed by atoms with van der Waals surface area (Å²) in [5.74, 6) is 0.941. The van der Waals surface area contributed by atoms with Gasteiger partial charge in [0.05, 0.1) is 36.0 Å². The highest BCUT2D eigenvalue weighted by Crippen LogP contribution is 2.27. The number of nitrogens with zero attached hydrogens (tertiary/aromatic N) is 4. The second-order valence-corrected chi connectivity index (χ2v) is 8.96. The second-order valence-electron chi connectivity index (χ2n) is 8.55. The largest absolute Gasteiger partial charge is 0.490 e. The fourth-order valence-corrected chi connectivity index (χ4v) is 4.34. The van der Waals surface area contributed by atoms with Gasteiger partial charge in [-0.2, -0.15) is 5.26 Å². The minimum Gasteiger partial charge on any atom is -0.490 e. The molecule has 2 aliphatic rings. The lowest BCUT2D eigenvalue weighted by Gasteiger charge is -2.32. The summed E-state index contributed by atoms with van der Waals surface area (Å²) >= 11 is 5.94. The summed E-state index contributed by atoms with van der Waals surface area (Å²) in [6, 6.07) is 10.6. The Morgan fingerprint density at radius 2 is 1.86 bits per heavy atom. The van der Waals surface area contributed by atoms with Gasteiger partial charge in [0.25, 0.3) is 5.91 Å². The van der Waals surface area contributed by atoms with E-state index in [0.29, 0.717) is 23.3 Å². The van der Waals surface area contributed by atoms with Crippen LogP contribution in [0, 0.1) is 11.3 Å². The van der Waals surface area contributed by atoms with Gasteiger partial charge in [0.1, 0.15) is 11.8 Å². The Morgan fingerprint density at radius 1 is 1.11 bits per heavy atom. The first-order valence-corrected chi connectivity index (χ1v) is 12.3. The maximum Gasteiger partial charge on any atom is 0.269 e. The zero-order valence-electron chi connectivity index (χ0n) is 19.7. The Morgan fingerprint density at radius 3 is 2.43 bits per heavy atom. The molecule has 0 bridgehead atoms. The molecule has 2 fully saturated rings. The third kappa shape index (κ3) is 8.35. The second kappa shape index (κ2) is 13.8. The first-order valence-electron chi connectivity index (χ1n) is 12.0. The third-order valence-corrected chi connectivity index (χ3v) is 6.34. The van der Waals surface area contributed by atoms with Crippen molar-refractivity contribution in [2.75, 3.05) is 31.2 Å². The molecule has 1 saturated carbocycles. The topological polar surface area (TPSA) is 135 Å².